The van der Waals surface area contributed by atoms with E-state index in [0.717, 1.165) is 44.0 Å². The Bertz CT molecular complexity index is 1060. The van der Waals surface area contributed by atoms with Crippen molar-refractivity contribution >= 4 is 17.4 Å². The summed E-state index contributed by atoms with van der Waals surface area (Å²) in [5.74, 6) is 0.202. The fourth-order valence-electron chi connectivity index (χ4n) is 4.27. The SMILES string of the molecule is O=C(Nc1ccc(F)cc1)c1cc2c(nn1)N1CCN(Cc3ccccc3)CC1C2. The topological polar surface area (TPSA) is 61.4 Å². The molecule has 1 unspecified atom stereocenters. The Balaban J connectivity index is 1.27. The number of hydrogen-bond donors (Lipinski definition) is 1. The first kappa shape index (κ1) is 18.7. The van der Waals surface area contributed by atoms with Crippen molar-refractivity contribution in [2.75, 3.05) is 29.9 Å². The van der Waals surface area contributed by atoms with Crippen molar-refractivity contribution in [2.24, 2.45) is 0 Å². The van der Waals surface area contributed by atoms with Crippen LogP contribution in [-0.2, 0) is 13.0 Å². The molecule has 0 saturated carbocycles. The first-order chi connectivity index (χ1) is 14.7. The van der Waals surface area contributed by atoms with Crippen molar-refractivity contribution in [3.05, 3.63) is 83.3 Å². The standard InChI is InChI=1S/C23H22FN5O/c24-18-6-8-19(9-7-18)25-23(30)21-13-17-12-20-15-28(14-16-4-2-1-3-5-16)10-11-29(20)22(17)27-26-21/h1-9,13,20H,10-12,14-15H2,(H,25,30). The lowest BCUT2D eigenvalue weighted by Crippen LogP contribution is -2.51. The summed E-state index contributed by atoms with van der Waals surface area (Å²) in [6.07, 6.45) is 0.854. The lowest BCUT2D eigenvalue weighted by Gasteiger charge is -2.38. The molecule has 0 aliphatic carbocycles. The molecule has 1 saturated heterocycles. The summed E-state index contributed by atoms with van der Waals surface area (Å²) in [5, 5.41) is 11.3. The number of halogens is 1. The zero-order chi connectivity index (χ0) is 20.5. The summed E-state index contributed by atoms with van der Waals surface area (Å²) in [5.41, 5.74) is 3.18. The number of carbonyl (C=O) groups excluding carboxylic acids is 1. The Kier molecular flexibility index (Phi) is 4.88. The maximum absolute atomic E-state index is 13.0. The second-order valence-electron chi connectivity index (χ2n) is 7.81. The van der Waals surface area contributed by atoms with Crippen LogP contribution in [0.25, 0.3) is 0 Å². The van der Waals surface area contributed by atoms with E-state index in [9.17, 15) is 9.18 Å². The number of aromatic nitrogens is 2. The van der Waals surface area contributed by atoms with Gasteiger partial charge in [0.2, 0.25) is 0 Å². The van der Waals surface area contributed by atoms with Gasteiger partial charge < -0.3 is 10.2 Å². The molecule has 2 aromatic carbocycles. The summed E-state index contributed by atoms with van der Waals surface area (Å²) in [6.45, 7) is 3.78. The highest BCUT2D eigenvalue weighted by molar-refractivity contribution is 6.03. The van der Waals surface area contributed by atoms with E-state index in [-0.39, 0.29) is 17.4 Å². The van der Waals surface area contributed by atoms with Gasteiger partial charge in [0.15, 0.2) is 11.5 Å². The third kappa shape index (κ3) is 3.76. The van der Waals surface area contributed by atoms with Gasteiger partial charge in [-0.1, -0.05) is 30.3 Å². The molecule has 0 bridgehead atoms. The lowest BCUT2D eigenvalue weighted by molar-refractivity contribution is 0.102. The van der Waals surface area contributed by atoms with Crippen molar-refractivity contribution < 1.29 is 9.18 Å². The Morgan fingerprint density at radius 2 is 1.87 bits per heavy atom. The highest BCUT2D eigenvalue weighted by Crippen LogP contribution is 2.32. The molecule has 5 rings (SSSR count). The molecule has 3 heterocycles. The Morgan fingerprint density at radius 1 is 1.07 bits per heavy atom. The zero-order valence-corrected chi connectivity index (χ0v) is 16.5. The fraction of sp³-hybridized carbons (Fsp3) is 0.261. The van der Waals surface area contributed by atoms with Crippen molar-refractivity contribution in [1.29, 1.82) is 0 Å². The third-order valence-corrected chi connectivity index (χ3v) is 5.73. The van der Waals surface area contributed by atoms with E-state index in [1.165, 1.54) is 29.8 Å². The molecule has 0 radical (unpaired) electrons. The van der Waals surface area contributed by atoms with E-state index in [1.54, 1.807) is 0 Å². The highest BCUT2D eigenvalue weighted by atomic mass is 19.1. The van der Waals surface area contributed by atoms with E-state index in [1.807, 2.05) is 12.1 Å². The molecule has 1 fully saturated rings. The molecule has 2 aliphatic heterocycles. The van der Waals surface area contributed by atoms with Gasteiger partial charge >= 0.3 is 0 Å². The smallest absolute Gasteiger partial charge is 0.276 e. The number of carbonyl (C=O) groups is 1. The van der Waals surface area contributed by atoms with Crippen LogP contribution in [0, 0.1) is 5.82 Å². The van der Waals surface area contributed by atoms with Crippen LogP contribution in [-0.4, -0.2) is 46.7 Å². The van der Waals surface area contributed by atoms with Gasteiger partial charge in [-0.3, -0.25) is 9.69 Å². The number of rotatable bonds is 4. The molecule has 7 heteroatoms. The molecule has 1 atom stereocenters. The number of nitrogens with zero attached hydrogens (tertiary/aromatic N) is 4. The lowest BCUT2D eigenvalue weighted by atomic mass is 10.1. The predicted octanol–water partition coefficient (Wildman–Crippen LogP) is 3.11. The minimum absolute atomic E-state index is 0.277. The average molecular weight is 403 g/mol. The second-order valence-corrected chi connectivity index (χ2v) is 7.81. The van der Waals surface area contributed by atoms with Crippen molar-refractivity contribution in [2.45, 2.75) is 19.0 Å². The first-order valence-electron chi connectivity index (χ1n) is 10.1. The minimum atomic E-state index is -0.344. The number of amides is 1. The second kappa shape index (κ2) is 7.84. The Morgan fingerprint density at radius 3 is 2.67 bits per heavy atom. The number of anilines is 2. The van der Waals surface area contributed by atoms with E-state index in [0.29, 0.717) is 11.7 Å². The average Bonchev–Trinajstić information content (AvgIpc) is 3.13. The molecular formula is C23H22FN5O. The van der Waals surface area contributed by atoms with Crippen LogP contribution in [0.15, 0.2) is 60.7 Å². The molecular weight excluding hydrogens is 381 g/mol. The van der Waals surface area contributed by atoms with E-state index < -0.39 is 0 Å². The molecule has 3 aromatic rings. The van der Waals surface area contributed by atoms with Gasteiger partial charge in [0.05, 0.1) is 0 Å². The molecule has 0 spiro atoms. The van der Waals surface area contributed by atoms with Gasteiger partial charge in [0.1, 0.15) is 5.82 Å². The van der Waals surface area contributed by atoms with Crippen LogP contribution < -0.4 is 10.2 Å². The molecule has 1 amide bonds. The van der Waals surface area contributed by atoms with E-state index >= 15 is 0 Å². The van der Waals surface area contributed by atoms with Crippen molar-refractivity contribution in [3.63, 3.8) is 0 Å². The number of nitrogens with one attached hydrogen (secondary N) is 1. The van der Waals surface area contributed by atoms with Crippen LogP contribution in [0.5, 0.6) is 0 Å². The van der Waals surface area contributed by atoms with E-state index in [2.05, 4.69) is 49.6 Å². The minimum Gasteiger partial charge on any atom is -0.349 e. The molecule has 1 N–H and O–H groups in total. The summed E-state index contributed by atoms with van der Waals surface area (Å²) in [6, 6.07) is 18.4. The van der Waals surface area contributed by atoms with Crippen LogP contribution in [0.1, 0.15) is 21.6 Å². The summed E-state index contributed by atoms with van der Waals surface area (Å²) in [7, 11) is 0. The van der Waals surface area contributed by atoms with Gasteiger partial charge in [-0.05, 0) is 42.3 Å². The summed E-state index contributed by atoms with van der Waals surface area (Å²) < 4.78 is 13.0. The Hall–Kier alpha value is -3.32. The summed E-state index contributed by atoms with van der Waals surface area (Å²) in [4.78, 5) is 17.3. The van der Waals surface area contributed by atoms with E-state index in [4.69, 9.17) is 0 Å². The van der Waals surface area contributed by atoms with Crippen LogP contribution >= 0.6 is 0 Å². The van der Waals surface area contributed by atoms with Crippen LogP contribution in [0.2, 0.25) is 0 Å². The van der Waals surface area contributed by atoms with Gasteiger partial charge in [-0.25, -0.2) is 4.39 Å². The number of hydrogen-bond acceptors (Lipinski definition) is 5. The Labute approximate surface area is 174 Å². The van der Waals surface area contributed by atoms with Gasteiger partial charge in [0, 0.05) is 43.5 Å². The largest absolute Gasteiger partial charge is 0.349 e. The quantitative estimate of drug-likeness (QED) is 0.725. The molecule has 1 aromatic heterocycles. The number of benzene rings is 2. The third-order valence-electron chi connectivity index (χ3n) is 5.73. The molecule has 152 valence electrons. The van der Waals surface area contributed by atoms with Gasteiger partial charge in [-0.2, -0.15) is 0 Å². The van der Waals surface area contributed by atoms with Gasteiger partial charge in [-0.15, -0.1) is 10.2 Å². The first-order valence-corrected chi connectivity index (χ1v) is 10.1. The monoisotopic (exact) mass is 403 g/mol. The fourth-order valence-corrected chi connectivity index (χ4v) is 4.27. The summed E-state index contributed by atoms with van der Waals surface area (Å²) >= 11 is 0. The molecule has 2 aliphatic rings. The van der Waals surface area contributed by atoms with Gasteiger partial charge in [0.25, 0.3) is 5.91 Å². The predicted molar refractivity (Wildman–Crippen MR) is 113 cm³/mol. The maximum Gasteiger partial charge on any atom is 0.276 e. The molecule has 6 nitrogen and oxygen atoms in total. The zero-order valence-electron chi connectivity index (χ0n) is 16.5. The maximum atomic E-state index is 13.0. The van der Waals surface area contributed by atoms with Crippen LogP contribution in [0.3, 0.4) is 0 Å². The normalized spacial score (nSPS) is 18.0. The van der Waals surface area contributed by atoms with Crippen molar-refractivity contribution in [3.8, 4) is 0 Å². The number of piperazine rings is 1. The molecule has 30 heavy (non-hydrogen) atoms. The highest BCUT2D eigenvalue weighted by Gasteiger charge is 2.36. The van der Waals surface area contributed by atoms with Crippen LogP contribution in [0.4, 0.5) is 15.9 Å². The van der Waals surface area contributed by atoms with Crippen molar-refractivity contribution in [1.82, 2.24) is 15.1 Å². The number of fused-ring (bicyclic) bond motifs is 3.